The first-order valence-electron chi connectivity index (χ1n) is 3.95. The highest BCUT2D eigenvalue weighted by molar-refractivity contribution is 9.10. The van der Waals surface area contributed by atoms with E-state index in [0.717, 1.165) is 0 Å². The standard InChI is InChI=1S/C9H5BrClFN2O/c10-6-2-1-4(12)3-5(6)8-7(11)9(13)14-15-8/h1-3H,(H2,13,14). The molecule has 0 unspecified atom stereocenters. The van der Waals surface area contributed by atoms with Crippen LogP contribution in [-0.4, -0.2) is 5.16 Å². The molecule has 6 heteroatoms. The molecule has 0 spiro atoms. The second-order valence-corrected chi connectivity index (χ2v) is 4.07. The number of halogens is 3. The Labute approximate surface area is 98.1 Å². The molecular formula is C9H5BrClFN2O. The molecule has 0 aliphatic heterocycles. The summed E-state index contributed by atoms with van der Waals surface area (Å²) < 4.78 is 18.6. The van der Waals surface area contributed by atoms with Crippen molar-refractivity contribution in [1.82, 2.24) is 5.16 Å². The van der Waals surface area contributed by atoms with E-state index in [9.17, 15) is 4.39 Å². The normalized spacial score (nSPS) is 10.6. The van der Waals surface area contributed by atoms with Crippen molar-refractivity contribution in [2.45, 2.75) is 0 Å². The van der Waals surface area contributed by atoms with Gasteiger partial charge in [0.15, 0.2) is 11.6 Å². The Bertz CT molecular complexity index is 515. The lowest BCUT2D eigenvalue weighted by atomic mass is 10.2. The molecule has 1 aromatic carbocycles. The van der Waals surface area contributed by atoms with Crippen molar-refractivity contribution in [3.63, 3.8) is 0 Å². The predicted molar refractivity (Wildman–Crippen MR) is 59.0 cm³/mol. The zero-order valence-corrected chi connectivity index (χ0v) is 9.64. The van der Waals surface area contributed by atoms with Crippen LogP contribution in [0.4, 0.5) is 10.2 Å². The number of nitrogens with two attached hydrogens (primary N) is 1. The van der Waals surface area contributed by atoms with Crippen LogP contribution in [0.5, 0.6) is 0 Å². The summed E-state index contributed by atoms with van der Waals surface area (Å²) in [5.41, 5.74) is 5.90. The predicted octanol–water partition coefficient (Wildman–Crippen LogP) is 3.48. The van der Waals surface area contributed by atoms with Gasteiger partial charge in [0, 0.05) is 10.0 Å². The van der Waals surface area contributed by atoms with E-state index in [0.29, 0.717) is 10.0 Å². The fourth-order valence-corrected chi connectivity index (χ4v) is 1.73. The highest BCUT2D eigenvalue weighted by atomic mass is 79.9. The Balaban J connectivity index is 2.63. The number of hydrogen-bond acceptors (Lipinski definition) is 3. The molecule has 0 fully saturated rings. The van der Waals surface area contributed by atoms with Gasteiger partial charge in [-0.15, -0.1) is 0 Å². The van der Waals surface area contributed by atoms with E-state index in [1.807, 2.05) is 0 Å². The molecule has 0 atom stereocenters. The van der Waals surface area contributed by atoms with Crippen molar-refractivity contribution in [2.24, 2.45) is 0 Å². The summed E-state index contributed by atoms with van der Waals surface area (Å²) in [6.45, 7) is 0. The molecule has 0 saturated carbocycles. The van der Waals surface area contributed by atoms with Crippen molar-refractivity contribution in [3.05, 3.63) is 33.5 Å². The quantitative estimate of drug-likeness (QED) is 0.875. The van der Waals surface area contributed by atoms with Gasteiger partial charge in [0.25, 0.3) is 0 Å². The van der Waals surface area contributed by atoms with E-state index in [2.05, 4.69) is 21.1 Å². The van der Waals surface area contributed by atoms with Crippen LogP contribution in [0.1, 0.15) is 0 Å². The smallest absolute Gasteiger partial charge is 0.188 e. The molecule has 0 saturated heterocycles. The molecule has 2 aromatic rings. The Kier molecular flexibility index (Phi) is 2.67. The van der Waals surface area contributed by atoms with Crippen molar-refractivity contribution >= 4 is 33.3 Å². The average molecular weight is 292 g/mol. The number of rotatable bonds is 1. The summed E-state index contributed by atoms with van der Waals surface area (Å²) >= 11 is 9.10. The summed E-state index contributed by atoms with van der Waals surface area (Å²) in [5.74, 6) is -0.0531. The minimum absolute atomic E-state index is 0.0860. The van der Waals surface area contributed by atoms with Crippen LogP contribution in [0.25, 0.3) is 11.3 Å². The molecule has 1 heterocycles. The van der Waals surface area contributed by atoms with E-state index in [4.69, 9.17) is 21.9 Å². The van der Waals surface area contributed by atoms with Crippen molar-refractivity contribution in [3.8, 4) is 11.3 Å². The van der Waals surface area contributed by atoms with Crippen LogP contribution < -0.4 is 5.73 Å². The summed E-state index contributed by atoms with van der Waals surface area (Å²) in [5, 5.41) is 3.67. The molecular weight excluding hydrogens is 286 g/mol. The Morgan fingerprint density at radius 3 is 2.80 bits per heavy atom. The third-order valence-electron chi connectivity index (χ3n) is 1.83. The topological polar surface area (TPSA) is 52.0 Å². The Hall–Kier alpha value is -1.07. The van der Waals surface area contributed by atoms with Gasteiger partial charge in [0.05, 0.1) is 0 Å². The van der Waals surface area contributed by atoms with Crippen molar-refractivity contribution in [2.75, 3.05) is 5.73 Å². The maximum atomic E-state index is 13.0. The summed E-state index contributed by atoms with van der Waals surface area (Å²) in [6, 6.07) is 4.16. The van der Waals surface area contributed by atoms with Gasteiger partial charge in [-0.2, -0.15) is 0 Å². The summed E-state index contributed by atoms with van der Waals surface area (Å²) in [4.78, 5) is 0. The molecule has 0 amide bonds. The first kappa shape index (κ1) is 10.4. The third kappa shape index (κ3) is 1.85. The van der Waals surface area contributed by atoms with Gasteiger partial charge < -0.3 is 10.3 Å². The molecule has 1 aromatic heterocycles. The molecule has 78 valence electrons. The van der Waals surface area contributed by atoms with Gasteiger partial charge in [-0.05, 0) is 18.2 Å². The zero-order chi connectivity index (χ0) is 11.0. The second-order valence-electron chi connectivity index (χ2n) is 2.84. The van der Waals surface area contributed by atoms with Gasteiger partial charge in [-0.25, -0.2) is 4.39 Å². The minimum atomic E-state index is -0.390. The first-order valence-corrected chi connectivity index (χ1v) is 5.12. The number of nitrogen functional groups attached to an aromatic ring is 1. The second kappa shape index (κ2) is 3.83. The molecule has 0 aliphatic rings. The Morgan fingerprint density at radius 1 is 1.47 bits per heavy atom. The van der Waals surface area contributed by atoms with Crippen LogP contribution in [0.3, 0.4) is 0 Å². The van der Waals surface area contributed by atoms with E-state index in [1.54, 1.807) is 6.07 Å². The van der Waals surface area contributed by atoms with Gasteiger partial charge >= 0.3 is 0 Å². The summed E-state index contributed by atoms with van der Waals surface area (Å²) in [6.07, 6.45) is 0. The lowest BCUT2D eigenvalue weighted by Crippen LogP contribution is -1.84. The lowest BCUT2D eigenvalue weighted by molar-refractivity contribution is 0.435. The fourth-order valence-electron chi connectivity index (χ4n) is 1.13. The monoisotopic (exact) mass is 290 g/mol. The van der Waals surface area contributed by atoms with E-state index < -0.39 is 0 Å². The molecule has 2 rings (SSSR count). The van der Waals surface area contributed by atoms with Gasteiger partial charge in [0.1, 0.15) is 10.8 Å². The average Bonchev–Trinajstić information content (AvgIpc) is 2.52. The first-order chi connectivity index (χ1) is 7.09. The van der Waals surface area contributed by atoms with Crippen LogP contribution >= 0.6 is 27.5 Å². The van der Waals surface area contributed by atoms with Crippen LogP contribution in [0, 0.1) is 5.82 Å². The number of aromatic nitrogens is 1. The van der Waals surface area contributed by atoms with Crippen molar-refractivity contribution < 1.29 is 8.91 Å². The molecule has 15 heavy (non-hydrogen) atoms. The van der Waals surface area contributed by atoms with Crippen molar-refractivity contribution in [1.29, 1.82) is 0 Å². The fraction of sp³-hybridized carbons (Fsp3) is 0. The molecule has 0 bridgehead atoms. The van der Waals surface area contributed by atoms with E-state index in [-0.39, 0.29) is 22.4 Å². The van der Waals surface area contributed by atoms with Gasteiger partial charge in [0.2, 0.25) is 0 Å². The molecule has 0 radical (unpaired) electrons. The molecule has 2 N–H and O–H groups in total. The summed E-state index contributed by atoms with van der Waals surface area (Å²) in [7, 11) is 0. The SMILES string of the molecule is Nc1noc(-c2cc(F)ccc2Br)c1Cl. The zero-order valence-electron chi connectivity index (χ0n) is 7.30. The van der Waals surface area contributed by atoms with Gasteiger partial charge in [-0.3, -0.25) is 0 Å². The molecule has 0 aliphatic carbocycles. The van der Waals surface area contributed by atoms with Crippen LogP contribution in [0.15, 0.2) is 27.2 Å². The number of hydrogen-bond donors (Lipinski definition) is 1. The highest BCUT2D eigenvalue weighted by Crippen LogP contribution is 2.36. The van der Waals surface area contributed by atoms with E-state index in [1.165, 1.54) is 12.1 Å². The van der Waals surface area contributed by atoms with Gasteiger partial charge in [-0.1, -0.05) is 32.7 Å². The maximum absolute atomic E-state index is 13.0. The van der Waals surface area contributed by atoms with E-state index >= 15 is 0 Å². The highest BCUT2D eigenvalue weighted by Gasteiger charge is 2.16. The maximum Gasteiger partial charge on any atom is 0.188 e. The number of benzene rings is 1. The van der Waals surface area contributed by atoms with Crippen LogP contribution in [0.2, 0.25) is 5.02 Å². The number of nitrogens with zero attached hydrogens (tertiary/aromatic N) is 1. The number of anilines is 1. The van der Waals surface area contributed by atoms with Crippen LogP contribution in [-0.2, 0) is 0 Å². The lowest BCUT2D eigenvalue weighted by Gasteiger charge is -2.00. The largest absolute Gasteiger partial charge is 0.380 e. The Morgan fingerprint density at radius 2 is 2.20 bits per heavy atom. The minimum Gasteiger partial charge on any atom is -0.380 e. The third-order valence-corrected chi connectivity index (χ3v) is 2.89. The molecule has 3 nitrogen and oxygen atoms in total.